The fraction of sp³-hybridized carbons (Fsp3) is 0.343. The molecule has 0 fully saturated rings. The van der Waals surface area contributed by atoms with Crippen molar-refractivity contribution in [1.82, 2.24) is 14.5 Å². The van der Waals surface area contributed by atoms with Crippen LogP contribution in [0.1, 0.15) is 66.9 Å². The number of carbonyl (C=O) groups is 1. The molecule has 1 N–H and O–H groups in total. The number of fused-ring (bicyclic) bond motifs is 5. The van der Waals surface area contributed by atoms with E-state index in [0.717, 1.165) is 22.3 Å². The minimum Gasteiger partial charge on any atom is -0.512 e. The van der Waals surface area contributed by atoms with Crippen molar-refractivity contribution in [3.8, 4) is 11.3 Å². The average Bonchev–Trinajstić information content (AvgIpc) is 3.20. The summed E-state index contributed by atoms with van der Waals surface area (Å²) in [6, 6.07) is 22.6. The number of rotatable bonds is 3. The molecule has 1 radical (unpaired) electrons. The zero-order chi connectivity index (χ0) is 29.4. The Hall–Kier alpha value is -3.34. The summed E-state index contributed by atoms with van der Waals surface area (Å²) < 4.78 is 2.20. The number of ketones is 1. The summed E-state index contributed by atoms with van der Waals surface area (Å²) in [4.78, 5) is 20.8. The van der Waals surface area contributed by atoms with Gasteiger partial charge in [0.05, 0.1) is 16.6 Å². The van der Waals surface area contributed by atoms with E-state index in [-0.39, 0.29) is 37.1 Å². The summed E-state index contributed by atoms with van der Waals surface area (Å²) >= 11 is 0. The van der Waals surface area contributed by atoms with Crippen LogP contribution in [0.2, 0.25) is 0 Å². The minimum absolute atomic E-state index is 0. The molecule has 0 aliphatic heterocycles. The van der Waals surface area contributed by atoms with Gasteiger partial charge in [-0.3, -0.25) is 9.78 Å². The number of allylic oxidation sites excluding steroid dienone is 2. The summed E-state index contributed by atoms with van der Waals surface area (Å²) in [7, 11) is 2.09. The molecule has 0 bridgehead atoms. The number of aliphatic hydroxyl groups is 1. The number of aromatic nitrogens is 3. The Morgan fingerprint density at radius 2 is 1.63 bits per heavy atom. The van der Waals surface area contributed by atoms with Crippen LogP contribution in [-0.4, -0.2) is 25.4 Å². The second kappa shape index (κ2) is 12.3. The van der Waals surface area contributed by atoms with E-state index < -0.39 is 5.41 Å². The van der Waals surface area contributed by atoms with Gasteiger partial charge in [0.15, 0.2) is 5.78 Å². The fourth-order valence-electron chi connectivity index (χ4n) is 4.49. The maximum Gasteiger partial charge on any atom is 0.164 e. The van der Waals surface area contributed by atoms with Crippen molar-refractivity contribution in [2.24, 2.45) is 17.9 Å². The van der Waals surface area contributed by atoms with Crippen LogP contribution in [0.15, 0.2) is 72.8 Å². The summed E-state index contributed by atoms with van der Waals surface area (Å²) in [6.45, 7) is 15.5. The Bertz CT molecular complexity index is 1720. The van der Waals surface area contributed by atoms with Crippen molar-refractivity contribution in [3.63, 3.8) is 0 Å². The molecule has 5 nitrogen and oxygen atoms in total. The van der Waals surface area contributed by atoms with Gasteiger partial charge in [0, 0.05) is 55.1 Å². The van der Waals surface area contributed by atoms with E-state index in [4.69, 9.17) is 0 Å². The van der Waals surface area contributed by atoms with Crippen molar-refractivity contribution in [3.05, 3.63) is 84.4 Å². The first-order valence-corrected chi connectivity index (χ1v) is 13.8. The van der Waals surface area contributed by atoms with E-state index in [1.807, 2.05) is 41.5 Å². The summed E-state index contributed by atoms with van der Waals surface area (Å²) in [5.41, 5.74) is 5.67. The molecule has 217 valence electrons. The molecular formula is C35H40IrN3O2-. The molecule has 0 spiro atoms. The van der Waals surface area contributed by atoms with E-state index in [0.29, 0.717) is 5.92 Å². The van der Waals surface area contributed by atoms with Gasteiger partial charge in [-0.15, -0.1) is 35.4 Å². The topological polar surface area (TPSA) is 68.0 Å². The predicted octanol–water partition coefficient (Wildman–Crippen LogP) is 8.95. The van der Waals surface area contributed by atoms with E-state index >= 15 is 0 Å². The molecule has 0 amide bonds. The average molecular weight is 727 g/mol. The van der Waals surface area contributed by atoms with Gasteiger partial charge in [-0.1, -0.05) is 91.6 Å². The van der Waals surface area contributed by atoms with Crippen LogP contribution >= 0.6 is 0 Å². The van der Waals surface area contributed by atoms with Crippen molar-refractivity contribution >= 4 is 38.5 Å². The van der Waals surface area contributed by atoms with Gasteiger partial charge < -0.3 is 9.67 Å². The molecule has 2 heterocycles. The molecule has 0 aliphatic rings. The third kappa shape index (κ3) is 6.77. The first-order chi connectivity index (χ1) is 18.7. The molecule has 41 heavy (non-hydrogen) atoms. The van der Waals surface area contributed by atoms with Crippen molar-refractivity contribution < 1.29 is 30.0 Å². The van der Waals surface area contributed by atoms with Crippen LogP contribution in [-0.2, 0) is 31.9 Å². The number of hydrogen-bond donors (Lipinski definition) is 1. The molecule has 3 aromatic carbocycles. The number of carbonyl (C=O) groups excluding carboxylic acids is 1. The van der Waals surface area contributed by atoms with E-state index in [2.05, 4.69) is 96.1 Å². The number of nitrogens with zero attached hydrogens (tertiary/aromatic N) is 3. The molecule has 0 aliphatic carbocycles. The molecule has 6 heteroatoms. The van der Waals surface area contributed by atoms with Gasteiger partial charge in [0.25, 0.3) is 0 Å². The van der Waals surface area contributed by atoms with Crippen LogP contribution in [0.5, 0.6) is 0 Å². The smallest absolute Gasteiger partial charge is 0.164 e. The third-order valence-electron chi connectivity index (χ3n) is 7.20. The van der Waals surface area contributed by atoms with Crippen molar-refractivity contribution in [2.45, 2.75) is 61.3 Å². The second-order valence-electron chi connectivity index (χ2n) is 12.7. The van der Waals surface area contributed by atoms with E-state index in [1.54, 1.807) is 6.33 Å². The van der Waals surface area contributed by atoms with Gasteiger partial charge in [-0.05, 0) is 16.8 Å². The zero-order valence-electron chi connectivity index (χ0n) is 25.5. The van der Waals surface area contributed by atoms with Gasteiger partial charge >= 0.3 is 0 Å². The molecule has 5 rings (SSSR count). The van der Waals surface area contributed by atoms with Gasteiger partial charge in [0.2, 0.25) is 0 Å². The van der Waals surface area contributed by atoms with Crippen LogP contribution in [0.3, 0.4) is 0 Å². The Balaban J connectivity index is 0.000000284. The number of hydrogen-bond acceptors (Lipinski definition) is 4. The van der Waals surface area contributed by atoms with Crippen LogP contribution in [0.4, 0.5) is 0 Å². The van der Waals surface area contributed by atoms with E-state index in [9.17, 15) is 9.90 Å². The number of aliphatic hydroxyl groups excluding tert-OH is 1. The molecule has 0 atom stereocenters. The molecular weight excluding hydrogens is 687 g/mol. The monoisotopic (exact) mass is 727 g/mol. The first kappa shape index (κ1) is 32.2. The van der Waals surface area contributed by atoms with E-state index in [1.165, 1.54) is 33.3 Å². The van der Waals surface area contributed by atoms with Crippen LogP contribution in [0, 0.1) is 16.9 Å². The van der Waals surface area contributed by atoms with Crippen molar-refractivity contribution in [2.75, 3.05) is 0 Å². The molecule has 0 saturated carbocycles. The summed E-state index contributed by atoms with van der Waals surface area (Å²) in [5, 5.41) is 13.2. The minimum atomic E-state index is -0.417. The zero-order valence-corrected chi connectivity index (χ0v) is 27.9. The standard InChI is InChI=1S/C24H20N3.C11H20O2.Ir/c1-15(2)16-8-10-18(11-9-16)22-24-23(26-14-25-22)21-19-7-5-4-6-17(19)12-13-20(21)27(24)3;1-10(2,3)8(12)7-9(13)11(4,5)6;/h4-10,12-15H,1-3H3;7,12H,1-6H3;/q-1;;/b;8-7-;. The normalized spacial score (nSPS) is 12.4. The maximum atomic E-state index is 11.5. The van der Waals surface area contributed by atoms with Crippen LogP contribution in [0.25, 0.3) is 44.0 Å². The number of aryl methyl sites for hydroxylation is 1. The second-order valence-corrected chi connectivity index (χ2v) is 12.7. The SMILES string of the molecule is CC(C)(C)C(=O)/C=C(\O)C(C)(C)C.CC(C)c1c[c-]c(-c2ncnc3c4c5ccccc5ccc4n(C)c23)cc1.[Ir]. The van der Waals surface area contributed by atoms with Crippen LogP contribution < -0.4 is 0 Å². The number of benzene rings is 3. The Morgan fingerprint density at radius 1 is 0.951 bits per heavy atom. The first-order valence-electron chi connectivity index (χ1n) is 13.8. The molecule has 0 unspecified atom stereocenters. The third-order valence-corrected chi connectivity index (χ3v) is 7.20. The Kier molecular flexibility index (Phi) is 9.62. The largest absolute Gasteiger partial charge is 0.512 e. The Morgan fingerprint density at radius 3 is 2.22 bits per heavy atom. The fourth-order valence-corrected chi connectivity index (χ4v) is 4.49. The maximum absolute atomic E-state index is 11.5. The predicted molar refractivity (Wildman–Crippen MR) is 167 cm³/mol. The Labute approximate surface area is 257 Å². The summed E-state index contributed by atoms with van der Waals surface area (Å²) in [5.74, 6) is 0.594. The molecule has 2 aromatic heterocycles. The summed E-state index contributed by atoms with van der Waals surface area (Å²) in [6.07, 6.45) is 3.00. The van der Waals surface area contributed by atoms with Gasteiger partial charge in [-0.25, -0.2) is 4.98 Å². The van der Waals surface area contributed by atoms with Crippen molar-refractivity contribution in [1.29, 1.82) is 0 Å². The molecule has 5 aromatic rings. The van der Waals surface area contributed by atoms with Gasteiger partial charge in [0.1, 0.15) is 12.1 Å². The molecule has 0 saturated heterocycles. The van der Waals surface area contributed by atoms with Gasteiger partial charge in [-0.2, -0.15) is 0 Å². The quantitative estimate of drug-likeness (QED) is 0.115.